The number of rotatable bonds is 2. The van der Waals surface area contributed by atoms with E-state index in [1.165, 1.54) is 25.7 Å². The van der Waals surface area contributed by atoms with Crippen LogP contribution in [-0.4, -0.2) is 4.98 Å². The van der Waals surface area contributed by atoms with Crippen LogP contribution in [0.4, 0.5) is 0 Å². The van der Waals surface area contributed by atoms with Crippen LogP contribution in [0.3, 0.4) is 0 Å². The van der Waals surface area contributed by atoms with Gasteiger partial charge >= 0.3 is 0 Å². The average molecular weight is 247 g/mol. The second-order valence-corrected chi connectivity index (χ2v) is 4.99. The van der Waals surface area contributed by atoms with Gasteiger partial charge in [0.05, 0.1) is 5.56 Å². The van der Waals surface area contributed by atoms with Crippen LogP contribution in [-0.2, 0) is 0 Å². The number of nitrogens with zero attached hydrogens (tertiary/aromatic N) is 2. The zero-order chi connectivity index (χ0) is 12.4. The van der Waals surface area contributed by atoms with Crippen LogP contribution in [0, 0.1) is 11.3 Å². The standard InChI is InChI=1S/C14H15ClN2/c1-9(2)11-7-13(10-5-3-4-6-10)17-14(15)12(11)8-16/h7,10H,1,3-6H2,2H3. The maximum Gasteiger partial charge on any atom is 0.147 e. The van der Waals surface area contributed by atoms with Crippen LogP contribution in [0.2, 0.25) is 5.15 Å². The summed E-state index contributed by atoms with van der Waals surface area (Å²) in [5, 5.41) is 9.40. The number of pyridine rings is 1. The molecule has 17 heavy (non-hydrogen) atoms. The molecule has 1 aromatic heterocycles. The van der Waals surface area contributed by atoms with Crippen molar-refractivity contribution < 1.29 is 0 Å². The summed E-state index contributed by atoms with van der Waals surface area (Å²) in [5.41, 5.74) is 3.17. The Morgan fingerprint density at radius 3 is 2.71 bits per heavy atom. The Labute approximate surface area is 107 Å². The van der Waals surface area contributed by atoms with Crippen molar-refractivity contribution in [3.05, 3.63) is 34.6 Å². The fraction of sp³-hybridized carbons (Fsp3) is 0.429. The summed E-state index contributed by atoms with van der Waals surface area (Å²) in [6.45, 7) is 5.80. The lowest BCUT2D eigenvalue weighted by Crippen LogP contribution is -2.01. The van der Waals surface area contributed by atoms with Gasteiger partial charge in [-0.25, -0.2) is 4.98 Å². The van der Waals surface area contributed by atoms with Crippen LogP contribution < -0.4 is 0 Å². The third kappa shape index (κ3) is 2.35. The molecule has 0 atom stereocenters. The first-order chi connectivity index (χ1) is 8.13. The lowest BCUT2D eigenvalue weighted by atomic mass is 9.97. The molecule has 3 heteroatoms. The van der Waals surface area contributed by atoms with Crippen LogP contribution in [0.25, 0.3) is 5.57 Å². The van der Waals surface area contributed by atoms with E-state index in [4.69, 9.17) is 16.9 Å². The topological polar surface area (TPSA) is 36.7 Å². The Hall–Kier alpha value is -1.33. The summed E-state index contributed by atoms with van der Waals surface area (Å²) < 4.78 is 0. The number of aromatic nitrogens is 1. The smallest absolute Gasteiger partial charge is 0.147 e. The predicted octanol–water partition coefficient (Wildman–Crippen LogP) is 4.30. The molecule has 0 N–H and O–H groups in total. The molecule has 2 nitrogen and oxygen atoms in total. The minimum atomic E-state index is 0.315. The van der Waals surface area contributed by atoms with Gasteiger partial charge in [-0.1, -0.05) is 31.0 Å². The summed E-state index contributed by atoms with van der Waals surface area (Å²) in [6, 6.07) is 4.10. The van der Waals surface area contributed by atoms with Gasteiger partial charge < -0.3 is 0 Å². The normalized spacial score (nSPS) is 15.8. The van der Waals surface area contributed by atoms with Gasteiger partial charge in [0, 0.05) is 11.6 Å². The summed E-state index contributed by atoms with van der Waals surface area (Å²) in [6.07, 6.45) is 4.86. The predicted molar refractivity (Wildman–Crippen MR) is 69.9 cm³/mol. The molecule has 0 saturated heterocycles. The van der Waals surface area contributed by atoms with E-state index in [1.54, 1.807) is 0 Å². The molecule has 88 valence electrons. The summed E-state index contributed by atoms with van der Waals surface area (Å²) in [7, 11) is 0. The number of hydrogen-bond donors (Lipinski definition) is 0. The van der Waals surface area contributed by atoms with Crippen molar-refractivity contribution in [2.75, 3.05) is 0 Å². The number of nitriles is 1. The van der Waals surface area contributed by atoms with Gasteiger partial charge in [-0.05, 0) is 37.0 Å². The van der Waals surface area contributed by atoms with E-state index in [-0.39, 0.29) is 0 Å². The van der Waals surface area contributed by atoms with Crippen molar-refractivity contribution in [3.63, 3.8) is 0 Å². The third-order valence-corrected chi connectivity index (χ3v) is 3.61. The second-order valence-electron chi connectivity index (χ2n) is 4.63. The third-order valence-electron chi connectivity index (χ3n) is 3.34. The zero-order valence-electron chi connectivity index (χ0n) is 9.96. The van der Waals surface area contributed by atoms with Crippen molar-refractivity contribution in [2.45, 2.75) is 38.5 Å². The highest BCUT2D eigenvalue weighted by atomic mass is 35.5. The first-order valence-corrected chi connectivity index (χ1v) is 6.27. The van der Waals surface area contributed by atoms with Crippen LogP contribution >= 0.6 is 11.6 Å². The lowest BCUT2D eigenvalue weighted by Gasteiger charge is -2.12. The quantitative estimate of drug-likeness (QED) is 0.730. The molecule has 0 unspecified atom stereocenters. The molecule has 1 heterocycles. The second kappa shape index (κ2) is 4.89. The monoisotopic (exact) mass is 246 g/mol. The summed E-state index contributed by atoms with van der Waals surface area (Å²) in [4.78, 5) is 4.37. The molecule has 2 rings (SSSR count). The Kier molecular flexibility index (Phi) is 3.49. The van der Waals surface area contributed by atoms with Crippen molar-refractivity contribution in [2.24, 2.45) is 0 Å². The molecule has 1 fully saturated rings. The molecule has 1 aliphatic rings. The first kappa shape index (κ1) is 12.1. The molecule has 0 bridgehead atoms. The molecule has 0 aliphatic heterocycles. The highest BCUT2D eigenvalue weighted by molar-refractivity contribution is 6.30. The van der Waals surface area contributed by atoms with Crippen LogP contribution in [0.15, 0.2) is 12.6 Å². The molecule has 1 saturated carbocycles. The van der Waals surface area contributed by atoms with Crippen molar-refractivity contribution in [1.29, 1.82) is 5.26 Å². The average Bonchev–Trinajstić information content (AvgIpc) is 2.81. The Morgan fingerprint density at radius 2 is 2.18 bits per heavy atom. The Balaban J connectivity index is 2.50. The maximum absolute atomic E-state index is 9.09. The summed E-state index contributed by atoms with van der Waals surface area (Å²) >= 11 is 6.08. The largest absolute Gasteiger partial charge is 0.239 e. The summed E-state index contributed by atoms with van der Waals surface area (Å²) in [5.74, 6) is 0.498. The highest BCUT2D eigenvalue weighted by Crippen LogP contribution is 2.35. The van der Waals surface area contributed by atoms with E-state index in [2.05, 4.69) is 17.6 Å². The minimum Gasteiger partial charge on any atom is -0.239 e. The van der Waals surface area contributed by atoms with Crippen molar-refractivity contribution >= 4 is 17.2 Å². The van der Waals surface area contributed by atoms with Crippen LogP contribution in [0.1, 0.15) is 55.3 Å². The molecular formula is C14H15ClN2. The molecule has 0 amide bonds. The zero-order valence-corrected chi connectivity index (χ0v) is 10.7. The molecule has 0 aromatic carbocycles. The fourth-order valence-corrected chi connectivity index (χ4v) is 2.65. The molecule has 1 aliphatic carbocycles. The highest BCUT2D eigenvalue weighted by Gasteiger charge is 2.21. The Bertz CT molecular complexity index is 494. The van der Waals surface area contributed by atoms with Gasteiger partial charge in [0.1, 0.15) is 11.2 Å². The van der Waals surface area contributed by atoms with Crippen molar-refractivity contribution in [3.8, 4) is 6.07 Å². The Morgan fingerprint density at radius 1 is 1.53 bits per heavy atom. The van der Waals surface area contributed by atoms with Gasteiger partial charge in [0.25, 0.3) is 0 Å². The van der Waals surface area contributed by atoms with Gasteiger partial charge in [-0.3, -0.25) is 0 Å². The fourth-order valence-electron chi connectivity index (χ4n) is 2.41. The first-order valence-electron chi connectivity index (χ1n) is 5.90. The number of allylic oxidation sites excluding steroid dienone is 1. The van der Waals surface area contributed by atoms with Crippen molar-refractivity contribution in [1.82, 2.24) is 4.98 Å². The van der Waals surface area contributed by atoms with Gasteiger partial charge in [-0.2, -0.15) is 5.26 Å². The SMILES string of the molecule is C=C(C)c1cc(C2CCCC2)nc(Cl)c1C#N. The van der Waals surface area contributed by atoms with E-state index in [1.807, 2.05) is 13.0 Å². The molecule has 0 radical (unpaired) electrons. The van der Waals surface area contributed by atoms with E-state index < -0.39 is 0 Å². The van der Waals surface area contributed by atoms with Gasteiger partial charge in [-0.15, -0.1) is 0 Å². The van der Waals surface area contributed by atoms with E-state index in [0.29, 0.717) is 16.6 Å². The molecule has 0 spiro atoms. The molecule has 1 aromatic rings. The lowest BCUT2D eigenvalue weighted by molar-refractivity contribution is 0.697. The molecular weight excluding hydrogens is 232 g/mol. The number of hydrogen-bond acceptors (Lipinski definition) is 2. The van der Waals surface area contributed by atoms with Gasteiger partial charge in [0.2, 0.25) is 0 Å². The van der Waals surface area contributed by atoms with E-state index >= 15 is 0 Å². The van der Waals surface area contributed by atoms with E-state index in [0.717, 1.165) is 16.8 Å². The van der Waals surface area contributed by atoms with Crippen LogP contribution in [0.5, 0.6) is 0 Å². The van der Waals surface area contributed by atoms with E-state index in [9.17, 15) is 0 Å². The minimum absolute atomic E-state index is 0.315. The maximum atomic E-state index is 9.09. The van der Waals surface area contributed by atoms with Gasteiger partial charge in [0.15, 0.2) is 0 Å². The number of halogens is 1.